The van der Waals surface area contributed by atoms with Crippen LogP contribution in [0.4, 0.5) is 4.79 Å². The lowest BCUT2D eigenvalue weighted by Crippen LogP contribution is -2.54. The van der Waals surface area contributed by atoms with E-state index in [0.717, 1.165) is 19.4 Å². The van der Waals surface area contributed by atoms with Gasteiger partial charge in [0.1, 0.15) is 0 Å². The van der Waals surface area contributed by atoms with Gasteiger partial charge < -0.3 is 14.9 Å². The minimum Gasteiger partial charge on any atom is -0.481 e. The van der Waals surface area contributed by atoms with Crippen LogP contribution in [0.3, 0.4) is 0 Å². The van der Waals surface area contributed by atoms with Crippen molar-refractivity contribution in [2.45, 2.75) is 51.5 Å². The van der Waals surface area contributed by atoms with Crippen LogP contribution in [0, 0.1) is 11.8 Å². The van der Waals surface area contributed by atoms with E-state index in [0.29, 0.717) is 12.0 Å². The van der Waals surface area contributed by atoms with Gasteiger partial charge in [-0.15, -0.1) is 0 Å². The highest BCUT2D eigenvalue weighted by Gasteiger charge is 2.37. The second kappa shape index (κ2) is 6.46. The second-order valence-electron chi connectivity index (χ2n) is 6.35. The van der Waals surface area contributed by atoms with Gasteiger partial charge >= 0.3 is 12.0 Å². The molecule has 2 fully saturated rings. The summed E-state index contributed by atoms with van der Waals surface area (Å²) in [5.74, 6) is -0.707. The number of carbonyl (C=O) groups excluding carboxylic acids is 1. The van der Waals surface area contributed by atoms with Gasteiger partial charge in [0, 0.05) is 26.2 Å². The third kappa shape index (κ3) is 3.25. The summed E-state index contributed by atoms with van der Waals surface area (Å²) in [5.41, 5.74) is 0. The Balaban J connectivity index is 1.97. The maximum Gasteiger partial charge on any atom is 0.320 e. The average Bonchev–Trinajstić information content (AvgIpc) is 2.45. The van der Waals surface area contributed by atoms with Crippen molar-refractivity contribution >= 4 is 12.0 Å². The first-order valence-corrected chi connectivity index (χ1v) is 7.75. The quantitative estimate of drug-likeness (QED) is 0.864. The average molecular weight is 282 g/mol. The molecule has 5 heteroatoms. The van der Waals surface area contributed by atoms with Gasteiger partial charge in [-0.1, -0.05) is 19.8 Å². The fourth-order valence-electron chi connectivity index (χ4n) is 3.65. The molecule has 5 nitrogen and oxygen atoms in total. The standard InChI is InChI=1S/C15H26N2O3/c1-11(14(18)19)10-16(2)15(20)17-9-5-7-12-6-3-4-8-13(12)17/h11-13H,3-10H2,1-2H3,(H,18,19)/t11?,12-,13-/m1/s1. The predicted molar refractivity (Wildman–Crippen MR) is 76.5 cm³/mol. The Morgan fingerprint density at radius 1 is 1.25 bits per heavy atom. The van der Waals surface area contributed by atoms with E-state index in [1.165, 1.54) is 25.7 Å². The summed E-state index contributed by atoms with van der Waals surface area (Å²) in [6.45, 7) is 2.75. The van der Waals surface area contributed by atoms with Crippen molar-refractivity contribution in [3.8, 4) is 0 Å². The molecule has 2 amide bonds. The van der Waals surface area contributed by atoms with Crippen LogP contribution in [0.1, 0.15) is 45.4 Å². The molecule has 2 rings (SSSR count). The lowest BCUT2D eigenvalue weighted by Gasteiger charge is -2.45. The third-order valence-electron chi connectivity index (χ3n) is 4.78. The highest BCUT2D eigenvalue weighted by Crippen LogP contribution is 2.35. The Morgan fingerprint density at radius 3 is 2.60 bits per heavy atom. The number of carboxylic acids is 1. The molecule has 20 heavy (non-hydrogen) atoms. The summed E-state index contributed by atoms with van der Waals surface area (Å²) in [6, 6.07) is 0.391. The first kappa shape index (κ1) is 15.1. The van der Waals surface area contributed by atoms with Gasteiger partial charge in [-0.05, 0) is 31.6 Å². The minimum atomic E-state index is -0.848. The largest absolute Gasteiger partial charge is 0.481 e. The highest BCUT2D eigenvalue weighted by molar-refractivity contribution is 5.76. The number of fused-ring (bicyclic) bond motifs is 1. The van der Waals surface area contributed by atoms with E-state index in [2.05, 4.69) is 0 Å². The van der Waals surface area contributed by atoms with Gasteiger partial charge in [0.25, 0.3) is 0 Å². The van der Waals surface area contributed by atoms with Gasteiger partial charge in [0.2, 0.25) is 0 Å². The fourth-order valence-corrected chi connectivity index (χ4v) is 3.65. The Kier molecular flexibility index (Phi) is 4.89. The molecule has 1 aliphatic carbocycles. The molecule has 114 valence electrons. The number of nitrogens with zero attached hydrogens (tertiary/aromatic N) is 2. The van der Waals surface area contributed by atoms with Crippen LogP contribution in [0.2, 0.25) is 0 Å². The van der Waals surface area contributed by atoms with Gasteiger partial charge in [0.15, 0.2) is 0 Å². The number of hydrogen-bond donors (Lipinski definition) is 1. The normalized spacial score (nSPS) is 27.6. The molecule has 0 aromatic rings. The molecule has 1 saturated heterocycles. The molecule has 0 aromatic heterocycles. The zero-order chi connectivity index (χ0) is 14.7. The SMILES string of the molecule is CC(CN(C)C(=O)N1CCC[C@H]2CCCC[C@H]21)C(=O)O. The van der Waals surface area contributed by atoms with Crippen LogP contribution in [-0.2, 0) is 4.79 Å². The van der Waals surface area contributed by atoms with E-state index >= 15 is 0 Å². The first-order chi connectivity index (χ1) is 9.50. The lowest BCUT2D eigenvalue weighted by atomic mass is 9.78. The molecule has 1 unspecified atom stereocenters. The van der Waals surface area contributed by atoms with Crippen LogP contribution in [0.15, 0.2) is 0 Å². The molecule has 1 aliphatic heterocycles. The molecule has 0 spiro atoms. The second-order valence-corrected chi connectivity index (χ2v) is 6.35. The number of aliphatic carboxylic acids is 1. The number of likely N-dealkylation sites (tertiary alicyclic amines) is 1. The Labute approximate surface area is 120 Å². The Hall–Kier alpha value is -1.26. The van der Waals surface area contributed by atoms with Crippen LogP contribution < -0.4 is 0 Å². The molecule has 3 atom stereocenters. The first-order valence-electron chi connectivity index (χ1n) is 7.75. The van der Waals surface area contributed by atoms with Gasteiger partial charge in [0.05, 0.1) is 5.92 Å². The van der Waals surface area contributed by atoms with Crippen LogP contribution in [-0.4, -0.2) is 53.1 Å². The molecule has 0 bridgehead atoms. The lowest BCUT2D eigenvalue weighted by molar-refractivity contribution is -0.141. The van der Waals surface area contributed by atoms with Crippen LogP contribution >= 0.6 is 0 Å². The molecule has 0 radical (unpaired) electrons. The number of piperidine rings is 1. The van der Waals surface area contributed by atoms with E-state index in [4.69, 9.17) is 5.11 Å². The van der Waals surface area contributed by atoms with E-state index in [-0.39, 0.29) is 12.6 Å². The van der Waals surface area contributed by atoms with Crippen molar-refractivity contribution < 1.29 is 14.7 Å². The van der Waals surface area contributed by atoms with Gasteiger partial charge in [-0.3, -0.25) is 4.79 Å². The number of hydrogen-bond acceptors (Lipinski definition) is 2. The number of carbonyl (C=O) groups is 2. The number of amides is 2. The summed E-state index contributed by atoms with van der Waals surface area (Å²) in [6.07, 6.45) is 7.16. The van der Waals surface area contributed by atoms with Crippen molar-refractivity contribution in [1.29, 1.82) is 0 Å². The van der Waals surface area contributed by atoms with E-state index < -0.39 is 11.9 Å². The van der Waals surface area contributed by atoms with Crippen LogP contribution in [0.25, 0.3) is 0 Å². The van der Waals surface area contributed by atoms with Crippen molar-refractivity contribution in [2.75, 3.05) is 20.1 Å². The summed E-state index contributed by atoms with van der Waals surface area (Å²) in [4.78, 5) is 27.1. The van der Waals surface area contributed by atoms with Crippen molar-refractivity contribution in [3.63, 3.8) is 0 Å². The van der Waals surface area contributed by atoms with Crippen molar-refractivity contribution in [3.05, 3.63) is 0 Å². The van der Waals surface area contributed by atoms with Crippen LogP contribution in [0.5, 0.6) is 0 Å². The Bertz CT molecular complexity index is 370. The summed E-state index contributed by atoms with van der Waals surface area (Å²) in [7, 11) is 1.72. The topological polar surface area (TPSA) is 60.9 Å². The molecule has 1 saturated carbocycles. The molecular formula is C15H26N2O3. The zero-order valence-corrected chi connectivity index (χ0v) is 12.5. The van der Waals surface area contributed by atoms with E-state index in [1.807, 2.05) is 4.90 Å². The number of carboxylic acid groups (broad SMARTS) is 1. The van der Waals surface area contributed by atoms with E-state index in [1.54, 1.807) is 18.9 Å². The molecule has 2 aliphatic rings. The van der Waals surface area contributed by atoms with Gasteiger partial charge in [-0.2, -0.15) is 0 Å². The van der Waals surface area contributed by atoms with Crippen molar-refractivity contribution in [2.24, 2.45) is 11.8 Å². The summed E-state index contributed by atoms with van der Waals surface area (Å²) in [5, 5.41) is 8.96. The molecule has 1 N–H and O–H groups in total. The fraction of sp³-hybridized carbons (Fsp3) is 0.867. The maximum atomic E-state index is 12.6. The number of urea groups is 1. The zero-order valence-electron chi connectivity index (χ0n) is 12.5. The minimum absolute atomic E-state index is 0.00898. The van der Waals surface area contributed by atoms with Crippen molar-refractivity contribution in [1.82, 2.24) is 9.80 Å². The van der Waals surface area contributed by atoms with Gasteiger partial charge in [-0.25, -0.2) is 4.79 Å². The molecule has 1 heterocycles. The smallest absolute Gasteiger partial charge is 0.320 e. The molecular weight excluding hydrogens is 256 g/mol. The summed E-state index contributed by atoms with van der Waals surface area (Å²) < 4.78 is 0. The summed E-state index contributed by atoms with van der Waals surface area (Å²) >= 11 is 0. The third-order valence-corrected chi connectivity index (χ3v) is 4.78. The monoisotopic (exact) mass is 282 g/mol. The Morgan fingerprint density at radius 2 is 1.90 bits per heavy atom. The maximum absolute atomic E-state index is 12.6. The number of rotatable bonds is 3. The van der Waals surface area contributed by atoms with E-state index in [9.17, 15) is 9.59 Å². The highest BCUT2D eigenvalue weighted by atomic mass is 16.4. The molecule has 0 aromatic carbocycles. The predicted octanol–water partition coefficient (Wildman–Crippen LogP) is 2.41.